The van der Waals surface area contributed by atoms with Crippen molar-refractivity contribution >= 4 is 17.7 Å². The number of nitrogens with one attached hydrogen (secondary N) is 1. The Morgan fingerprint density at radius 2 is 2.31 bits per heavy atom. The van der Waals surface area contributed by atoms with E-state index in [2.05, 4.69) is 31.2 Å². The summed E-state index contributed by atoms with van der Waals surface area (Å²) in [7, 11) is 1.41. The molecular formula is C17H21FN6OS. The van der Waals surface area contributed by atoms with Crippen LogP contribution in [0.1, 0.15) is 11.3 Å². The number of halogens is 1. The van der Waals surface area contributed by atoms with E-state index in [1.165, 1.54) is 7.11 Å². The van der Waals surface area contributed by atoms with Crippen LogP contribution in [0, 0.1) is 18.7 Å². The van der Waals surface area contributed by atoms with Gasteiger partial charge in [-0.25, -0.2) is 4.98 Å². The third-order valence-electron chi connectivity index (χ3n) is 5.08. The van der Waals surface area contributed by atoms with Crippen LogP contribution in [0.25, 0.3) is 0 Å². The first-order valence-electron chi connectivity index (χ1n) is 8.42. The molecule has 3 atom stereocenters. The predicted octanol–water partition coefficient (Wildman–Crippen LogP) is 1.24. The molecule has 3 N–H and O–H groups in total. The van der Waals surface area contributed by atoms with Gasteiger partial charge in [0, 0.05) is 37.2 Å². The molecular weight excluding hydrogens is 355 g/mol. The van der Waals surface area contributed by atoms with Gasteiger partial charge in [0.25, 0.3) is 5.88 Å². The molecule has 2 saturated heterocycles. The molecule has 7 nitrogen and oxygen atoms in total. The Morgan fingerprint density at radius 3 is 3.04 bits per heavy atom. The number of nitrogens with zero attached hydrogens (tertiary/aromatic N) is 4. The molecule has 1 unspecified atom stereocenters. The minimum absolute atomic E-state index is 0.0307. The highest BCUT2D eigenvalue weighted by molar-refractivity contribution is 7.99. The smallest absolute Gasteiger partial charge is 0.255 e. The summed E-state index contributed by atoms with van der Waals surface area (Å²) in [4.78, 5) is 15.0. The molecule has 0 amide bonds. The first kappa shape index (κ1) is 17.4. The molecule has 0 saturated carbocycles. The second-order valence-electron chi connectivity index (χ2n) is 6.62. The highest BCUT2D eigenvalue weighted by Crippen LogP contribution is 2.43. The summed E-state index contributed by atoms with van der Waals surface area (Å²) in [5.74, 6) is 1.13. The second kappa shape index (κ2) is 6.64. The molecule has 9 heteroatoms. The Kier molecular flexibility index (Phi) is 4.45. The molecule has 0 spiro atoms. The number of aromatic nitrogens is 3. The third kappa shape index (κ3) is 2.80. The summed E-state index contributed by atoms with van der Waals surface area (Å²) in [6.45, 7) is 2.99. The van der Waals surface area contributed by atoms with E-state index < -0.39 is 5.82 Å². The van der Waals surface area contributed by atoms with Crippen molar-refractivity contribution in [1.29, 1.82) is 0 Å². The zero-order valence-corrected chi connectivity index (χ0v) is 15.5. The molecule has 2 fully saturated rings. The predicted molar refractivity (Wildman–Crippen MR) is 98.5 cm³/mol. The number of thioether (sulfide) groups is 1. The van der Waals surface area contributed by atoms with E-state index in [1.807, 2.05) is 12.3 Å². The Labute approximate surface area is 155 Å². The van der Waals surface area contributed by atoms with Crippen LogP contribution in [-0.2, 0) is 5.54 Å². The van der Waals surface area contributed by atoms with E-state index in [9.17, 15) is 4.39 Å². The molecule has 138 valence electrons. The topological polar surface area (TPSA) is 89.2 Å². The molecule has 0 bridgehead atoms. The fourth-order valence-corrected chi connectivity index (χ4v) is 4.90. The van der Waals surface area contributed by atoms with Gasteiger partial charge in [0.1, 0.15) is 5.50 Å². The zero-order chi connectivity index (χ0) is 18.3. The van der Waals surface area contributed by atoms with Gasteiger partial charge < -0.3 is 15.4 Å². The average molecular weight is 376 g/mol. The minimum Gasteiger partial charge on any atom is -0.479 e. The molecule has 0 radical (unpaired) electrons. The Morgan fingerprint density at radius 1 is 1.46 bits per heavy atom. The van der Waals surface area contributed by atoms with Crippen LogP contribution in [0.5, 0.6) is 5.88 Å². The first-order chi connectivity index (χ1) is 12.5. The van der Waals surface area contributed by atoms with E-state index in [-0.39, 0.29) is 22.6 Å². The summed E-state index contributed by atoms with van der Waals surface area (Å²) in [6.07, 6.45) is 3.64. The highest BCUT2D eigenvalue weighted by atomic mass is 32.2. The van der Waals surface area contributed by atoms with Gasteiger partial charge in [0.05, 0.1) is 18.3 Å². The maximum Gasteiger partial charge on any atom is 0.255 e. The standard InChI is InChI=1S/C17H21FN6OS/c1-10-13(18)14(25-2)22-16(21-10)24-7-12-8-26-15(19)23-17(12,9-24)11-4-3-5-20-6-11/h3-6,12,15,23H,7-9,19H2,1-2H3/t12-,15?,17+/m0/s1. The Balaban J connectivity index is 1.73. The summed E-state index contributed by atoms with van der Waals surface area (Å²) in [6, 6.07) is 4.00. The SMILES string of the molecule is COc1nc(N2C[C@H]3CSC(N)N[C@@]3(c3cccnc3)C2)nc(C)c1F. The quantitative estimate of drug-likeness (QED) is 0.827. The lowest BCUT2D eigenvalue weighted by Crippen LogP contribution is -2.59. The van der Waals surface area contributed by atoms with Crippen molar-refractivity contribution in [2.45, 2.75) is 18.0 Å². The van der Waals surface area contributed by atoms with Crippen molar-refractivity contribution in [3.8, 4) is 5.88 Å². The molecule has 2 aliphatic rings. The number of hydrogen-bond donors (Lipinski definition) is 2. The number of fused-ring (bicyclic) bond motifs is 1. The van der Waals surface area contributed by atoms with E-state index in [0.29, 0.717) is 18.4 Å². The summed E-state index contributed by atoms with van der Waals surface area (Å²) in [5, 5.41) is 3.56. The Hall–Kier alpha value is -1.97. The van der Waals surface area contributed by atoms with Crippen LogP contribution >= 0.6 is 11.8 Å². The van der Waals surface area contributed by atoms with Crippen molar-refractivity contribution in [3.05, 3.63) is 41.6 Å². The average Bonchev–Trinajstić information content (AvgIpc) is 3.04. The second-order valence-corrected chi connectivity index (χ2v) is 7.80. The third-order valence-corrected chi connectivity index (χ3v) is 6.15. The molecule has 0 aromatic carbocycles. The highest BCUT2D eigenvalue weighted by Gasteiger charge is 2.51. The zero-order valence-electron chi connectivity index (χ0n) is 14.6. The van der Waals surface area contributed by atoms with Crippen LogP contribution in [0.4, 0.5) is 10.3 Å². The number of hydrogen-bond acceptors (Lipinski definition) is 8. The van der Waals surface area contributed by atoms with Crippen LogP contribution in [0.15, 0.2) is 24.5 Å². The van der Waals surface area contributed by atoms with Gasteiger partial charge in [0.15, 0.2) is 0 Å². The Bertz CT molecular complexity index is 809. The normalized spacial score (nSPS) is 28.1. The molecule has 0 aliphatic carbocycles. The molecule has 2 aromatic heterocycles. The maximum atomic E-state index is 14.0. The number of nitrogens with two attached hydrogens (primary N) is 1. The van der Waals surface area contributed by atoms with Crippen molar-refractivity contribution < 1.29 is 9.13 Å². The molecule has 4 heterocycles. The number of anilines is 1. The lowest BCUT2D eigenvalue weighted by atomic mass is 9.82. The van der Waals surface area contributed by atoms with E-state index in [4.69, 9.17) is 10.5 Å². The van der Waals surface area contributed by atoms with Gasteiger partial charge in [-0.3, -0.25) is 10.3 Å². The minimum atomic E-state index is -0.523. The van der Waals surface area contributed by atoms with Gasteiger partial charge in [-0.1, -0.05) is 6.07 Å². The van der Waals surface area contributed by atoms with Crippen LogP contribution in [0.3, 0.4) is 0 Å². The van der Waals surface area contributed by atoms with E-state index >= 15 is 0 Å². The molecule has 2 aromatic rings. The number of aryl methyl sites for hydroxylation is 1. The number of ether oxygens (including phenoxy) is 1. The molecule has 26 heavy (non-hydrogen) atoms. The van der Waals surface area contributed by atoms with Gasteiger partial charge in [-0.2, -0.15) is 9.37 Å². The van der Waals surface area contributed by atoms with Gasteiger partial charge in [-0.15, -0.1) is 11.8 Å². The van der Waals surface area contributed by atoms with E-state index in [1.54, 1.807) is 24.9 Å². The van der Waals surface area contributed by atoms with Crippen molar-refractivity contribution in [3.63, 3.8) is 0 Å². The maximum absolute atomic E-state index is 14.0. The largest absolute Gasteiger partial charge is 0.479 e. The summed E-state index contributed by atoms with van der Waals surface area (Å²) < 4.78 is 19.1. The first-order valence-corrected chi connectivity index (χ1v) is 9.47. The van der Waals surface area contributed by atoms with Gasteiger partial charge in [0.2, 0.25) is 11.8 Å². The molecule has 4 rings (SSSR count). The number of pyridine rings is 1. The monoisotopic (exact) mass is 376 g/mol. The van der Waals surface area contributed by atoms with Crippen molar-refractivity contribution in [2.24, 2.45) is 11.7 Å². The summed E-state index contributed by atoms with van der Waals surface area (Å²) in [5.41, 5.74) is 7.07. The lowest BCUT2D eigenvalue weighted by Gasteiger charge is -2.42. The summed E-state index contributed by atoms with van der Waals surface area (Å²) >= 11 is 1.69. The van der Waals surface area contributed by atoms with Crippen molar-refractivity contribution in [2.75, 3.05) is 30.9 Å². The number of methoxy groups -OCH3 is 1. The fraction of sp³-hybridized carbons (Fsp3) is 0.471. The fourth-order valence-electron chi connectivity index (χ4n) is 3.78. The van der Waals surface area contributed by atoms with Crippen LogP contribution < -0.4 is 20.7 Å². The van der Waals surface area contributed by atoms with Crippen LogP contribution in [-0.4, -0.2) is 46.4 Å². The van der Waals surface area contributed by atoms with Crippen molar-refractivity contribution in [1.82, 2.24) is 20.3 Å². The van der Waals surface area contributed by atoms with Gasteiger partial charge >= 0.3 is 0 Å². The van der Waals surface area contributed by atoms with Gasteiger partial charge in [-0.05, 0) is 18.6 Å². The van der Waals surface area contributed by atoms with E-state index in [0.717, 1.165) is 17.9 Å². The lowest BCUT2D eigenvalue weighted by molar-refractivity contribution is 0.273. The van der Waals surface area contributed by atoms with Crippen LogP contribution in [0.2, 0.25) is 0 Å². The molecule has 2 aliphatic heterocycles. The number of rotatable bonds is 3.